The third kappa shape index (κ3) is 3.13. The highest BCUT2D eigenvalue weighted by molar-refractivity contribution is 5.94. The van der Waals surface area contributed by atoms with E-state index in [0.29, 0.717) is 5.56 Å². The highest BCUT2D eigenvalue weighted by atomic mass is 19.3. The summed E-state index contributed by atoms with van der Waals surface area (Å²) >= 11 is 0. The number of halogens is 2. The Morgan fingerprint density at radius 1 is 1.35 bits per heavy atom. The van der Waals surface area contributed by atoms with Crippen molar-refractivity contribution in [3.05, 3.63) is 29.8 Å². The summed E-state index contributed by atoms with van der Waals surface area (Å²) in [4.78, 5) is 11.7. The predicted octanol–water partition coefficient (Wildman–Crippen LogP) is 0.990. The Morgan fingerprint density at radius 2 is 2.00 bits per heavy atom. The summed E-state index contributed by atoms with van der Waals surface area (Å²) < 4.78 is 28.0. The average molecular weight is 242 g/mol. The van der Waals surface area contributed by atoms with Crippen molar-refractivity contribution < 1.29 is 18.3 Å². The Morgan fingerprint density at radius 3 is 2.47 bits per heavy atom. The largest absolute Gasteiger partial charge is 0.435 e. The molecule has 6 heteroatoms. The zero-order chi connectivity index (χ0) is 12.3. The van der Waals surface area contributed by atoms with Crippen LogP contribution in [0.3, 0.4) is 0 Å². The third-order valence-corrected chi connectivity index (χ3v) is 2.46. The third-order valence-electron chi connectivity index (χ3n) is 2.46. The molecular weight excluding hydrogens is 230 g/mol. The van der Waals surface area contributed by atoms with E-state index in [2.05, 4.69) is 15.4 Å². The predicted molar refractivity (Wildman–Crippen MR) is 57.2 cm³/mol. The van der Waals surface area contributed by atoms with Crippen LogP contribution in [0.5, 0.6) is 5.75 Å². The first-order valence-electron chi connectivity index (χ1n) is 5.21. The van der Waals surface area contributed by atoms with Gasteiger partial charge in [-0.15, -0.1) is 0 Å². The van der Waals surface area contributed by atoms with Gasteiger partial charge in [-0.2, -0.15) is 8.78 Å². The summed E-state index contributed by atoms with van der Waals surface area (Å²) in [6.45, 7) is -1.33. The van der Waals surface area contributed by atoms with Crippen molar-refractivity contribution >= 4 is 5.91 Å². The Kier molecular flexibility index (Phi) is 3.53. The van der Waals surface area contributed by atoms with Crippen LogP contribution in [-0.2, 0) is 0 Å². The Labute approximate surface area is 97.0 Å². The SMILES string of the molecule is O=C(NC1CNC1)c1ccc(OC(F)F)cc1. The Balaban J connectivity index is 1.94. The lowest BCUT2D eigenvalue weighted by Gasteiger charge is -2.27. The molecule has 0 radical (unpaired) electrons. The molecule has 0 aliphatic carbocycles. The van der Waals surface area contributed by atoms with Crippen LogP contribution < -0.4 is 15.4 Å². The van der Waals surface area contributed by atoms with Crippen molar-refractivity contribution in [2.75, 3.05) is 13.1 Å². The maximum atomic E-state index is 11.9. The minimum atomic E-state index is -2.85. The molecule has 0 bridgehead atoms. The van der Waals surface area contributed by atoms with E-state index in [4.69, 9.17) is 0 Å². The molecule has 1 amide bonds. The maximum absolute atomic E-state index is 11.9. The van der Waals surface area contributed by atoms with E-state index >= 15 is 0 Å². The summed E-state index contributed by atoms with van der Waals surface area (Å²) in [5.41, 5.74) is 0.429. The van der Waals surface area contributed by atoms with Crippen LogP contribution in [-0.4, -0.2) is 31.7 Å². The highest BCUT2D eigenvalue weighted by Gasteiger charge is 2.19. The molecule has 1 heterocycles. The highest BCUT2D eigenvalue weighted by Crippen LogP contribution is 2.14. The molecule has 0 saturated carbocycles. The van der Waals surface area contributed by atoms with Crippen molar-refractivity contribution in [2.45, 2.75) is 12.7 Å². The van der Waals surface area contributed by atoms with Crippen molar-refractivity contribution in [3.8, 4) is 5.75 Å². The summed E-state index contributed by atoms with van der Waals surface area (Å²) in [5.74, 6) is -0.165. The van der Waals surface area contributed by atoms with Crippen molar-refractivity contribution in [1.29, 1.82) is 0 Å². The number of alkyl halides is 2. The minimum absolute atomic E-state index is 0.0434. The first kappa shape index (κ1) is 11.8. The molecule has 1 aromatic carbocycles. The van der Waals surface area contributed by atoms with Gasteiger partial charge in [0, 0.05) is 18.7 Å². The van der Waals surface area contributed by atoms with Crippen LogP contribution in [0.25, 0.3) is 0 Å². The van der Waals surface area contributed by atoms with Gasteiger partial charge in [0.25, 0.3) is 5.91 Å². The number of ether oxygens (including phenoxy) is 1. The van der Waals surface area contributed by atoms with Crippen LogP contribution in [0.2, 0.25) is 0 Å². The van der Waals surface area contributed by atoms with E-state index in [1.54, 1.807) is 0 Å². The normalized spacial score (nSPS) is 15.5. The monoisotopic (exact) mass is 242 g/mol. The molecule has 1 aliphatic heterocycles. The first-order valence-corrected chi connectivity index (χ1v) is 5.21. The van der Waals surface area contributed by atoms with E-state index < -0.39 is 6.61 Å². The lowest BCUT2D eigenvalue weighted by Crippen LogP contribution is -2.56. The topological polar surface area (TPSA) is 50.4 Å². The molecule has 1 aromatic rings. The summed E-state index contributed by atoms with van der Waals surface area (Å²) in [5, 5.41) is 5.83. The maximum Gasteiger partial charge on any atom is 0.387 e. The quantitative estimate of drug-likeness (QED) is 0.827. The summed E-state index contributed by atoms with van der Waals surface area (Å²) in [6.07, 6.45) is 0. The van der Waals surface area contributed by atoms with Gasteiger partial charge in [0.1, 0.15) is 5.75 Å². The number of benzene rings is 1. The van der Waals surface area contributed by atoms with Crippen LogP contribution in [0, 0.1) is 0 Å². The molecule has 0 aromatic heterocycles. The second kappa shape index (κ2) is 5.09. The van der Waals surface area contributed by atoms with Gasteiger partial charge in [-0.1, -0.05) is 0 Å². The lowest BCUT2D eigenvalue weighted by molar-refractivity contribution is -0.0498. The number of hydrogen-bond donors (Lipinski definition) is 2. The van der Waals surface area contributed by atoms with E-state index in [0.717, 1.165) is 13.1 Å². The van der Waals surface area contributed by atoms with Gasteiger partial charge in [-0.05, 0) is 24.3 Å². The molecule has 1 saturated heterocycles. The van der Waals surface area contributed by atoms with Crippen molar-refractivity contribution in [2.24, 2.45) is 0 Å². The second-order valence-corrected chi connectivity index (χ2v) is 3.73. The van der Waals surface area contributed by atoms with Crippen LogP contribution in [0.4, 0.5) is 8.78 Å². The van der Waals surface area contributed by atoms with Crippen LogP contribution in [0.15, 0.2) is 24.3 Å². The van der Waals surface area contributed by atoms with Gasteiger partial charge in [0.05, 0.1) is 6.04 Å². The van der Waals surface area contributed by atoms with E-state index in [9.17, 15) is 13.6 Å². The van der Waals surface area contributed by atoms with Gasteiger partial charge in [-0.3, -0.25) is 4.79 Å². The molecule has 1 aliphatic rings. The smallest absolute Gasteiger partial charge is 0.387 e. The number of hydrogen-bond acceptors (Lipinski definition) is 3. The molecule has 0 spiro atoms. The molecule has 0 atom stereocenters. The fourth-order valence-electron chi connectivity index (χ4n) is 1.45. The molecule has 17 heavy (non-hydrogen) atoms. The van der Waals surface area contributed by atoms with Gasteiger partial charge in [0.15, 0.2) is 0 Å². The lowest BCUT2D eigenvalue weighted by atomic mass is 10.1. The Hall–Kier alpha value is -1.69. The van der Waals surface area contributed by atoms with Crippen LogP contribution >= 0.6 is 0 Å². The zero-order valence-electron chi connectivity index (χ0n) is 8.95. The molecule has 1 fully saturated rings. The Bertz CT molecular complexity index is 391. The number of amides is 1. The summed E-state index contributed by atoms with van der Waals surface area (Å²) in [6, 6.07) is 5.76. The zero-order valence-corrected chi connectivity index (χ0v) is 8.95. The molecular formula is C11H12F2N2O2. The molecule has 92 valence electrons. The fraction of sp³-hybridized carbons (Fsp3) is 0.364. The molecule has 0 unspecified atom stereocenters. The van der Waals surface area contributed by atoms with E-state index in [1.165, 1.54) is 24.3 Å². The van der Waals surface area contributed by atoms with E-state index in [1.807, 2.05) is 0 Å². The number of carbonyl (C=O) groups is 1. The standard InChI is InChI=1S/C11H12F2N2O2/c12-11(13)17-9-3-1-7(2-4-9)10(16)15-8-5-14-6-8/h1-4,8,11,14H,5-6H2,(H,15,16). The second-order valence-electron chi connectivity index (χ2n) is 3.73. The molecule has 2 rings (SSSR count). The number of nitrogens with one attached hydrogen (secondary N) is 2. The van der Waals surface area contributed by atoms with Crippen molar-refractivity contribution in [3.63, 3.8) is 0 Å². The fourth-order valence-corrected chi connectivity index (χ4v) is 1.45. The van der Waals surface area contributed by atoms with Gasteiger partial charge >= 0.3 is 6.61 Å². The average Bonchev–Trinajstić information content (AvgIpc) is 2.23. The first-order chi connectivity index (χ1) is 8.15. The van der Waals surface area contributed by atoms with Gasteiger partial charge in [0.2, 0.25) is 0 Å². The number of carbonyl (C=O) groups excluding carboxylic acids is 1. The van der Waals surface area contributed by atoms with Crippen molar-refractivity contribution in [1.82, 2.24) is 10.6 Å². The number of rotatable bonds is 4. The van der Waals surface area contributed by atoms with Crippen LogP contribution in [0.1, 0.15) is 10.4 Å². The van der Waals surface area contributed by atoms with E-state index in [-0.39, 0.29) is 17.7 Å². The summed E-state index contributed by atoms with van der Waals surface area (Å²) in [7, 11) is 0. The minimum Gasteiger partial charge on any atom is -0.435 e. The van der Waals surface area contributed by atoms with Gasteiger partial charge in [-0.25, -0.2) is 0 Å². The molecule has 2 N–H and O–H groups in total. The molecule has 4 nitrogen and oxygen atoms in total. The van der Waals surface area contributed by atoms with Gasteiger partial charge < -0.3 is 15.4 Å².